The van der Waals surface area contributed by atoms with Crippen LogP contribution >= 0.6 is 7.37 Å². The van der Waals surface area contributed by atoms with Crippen LogP contribution in [0.2, 0.25) is 0 Å². The highest BCUT2D eigenvalue weighted by Crippen LogP contribution is 2.54. The number of aliphatic carboxylic acids is 1. The maximum Gasteiger partial charge on any atom is 0.307 e. The zero-order chi connectivity index (χ0) is 18.3. The van der Waals surface area contributed by atoms with Crippen LogP contribution in [0, 0.1) is 5.92 Å². The van der Waals surface area contributed by atoms with Gasteiger partial charge in [0, 0.05) is 11.8 Å². The maximum atomic E-state index is 13.1. The van der Waals surface area contributed by atoms with Crippen molar-refractivity contribution in [1.82, 2.24) is 0 Å². The summed E-state index contributed by atoms with van der Waals surface area (Å²) in [5.74, 6) is -1.88. The molecule has 0 spiro atoms. The quantitative estimate of drug-likeness (QED) is 0.643. The Morgan fingerprint density at radius 2 is 1.52 bits per heavy atom. The molecule has 0 amide bonds. The van der Waals surface area contributed by atoms with Crippen molar-refractivity contribution in [1.29, 1.82) is 0 Å². The van der Waals surface area contributed by atoms with Gasteiger partial charge in [-0.2, -0.15) is 0 Å². The molecule has 0 radical (unpaired) electrons. The largest absolute Gasteiger partial charge is 0.481 e. The van der Waals surface area contributed by atoms with E-state index in [9.17, 15) is 19.4 Å². The summed E-state index contributed by atoms with van der Waals surface area (Å²) in [5, 5.41) is 9.73. The van der Waals surface area contributed by atoms with E-state index < -0.39 is 24.9 Å². The Kier molecular flexibility index (Phi) is 6.98. The van der Waals surface area contributed by atoms with E-state index in [0.717, 1.165) is 11.1 Å². The molecular weight excluding hydrogens is 335 g/mol. The minimum atomic E-state index is -3.67. The number of carboxylic acids is 1. The Labute approximate surface area is 149 Å². The zero-order valence-corrected chi connectivity index (χ0v) is 15.3. The number of hydrogen-bond acceptors (Lipinski definition) is 2. The molecule has 0 aliphatic rings. The Hall–Kier alpha value is -1.90. The Balaban J connectivity index is 2.28. The van der Waals surface area contributed by atoms with E-state index in [1.165, 1.54) is 0 Å². The maximum absolute atomic E-state index is 13.1. The van der Waals surface area contributed by atoms with Crippen molar-refractivity contribution in [3.63, 3.8) is 0 Å². The Morgan fingerprint density at radius 3 is 2.00 bits per heavy atom. The standard InChI is InChI=1S/C20H25O4P/c1-2-9-19(25(23,24)15-17-12-7-4-8-13-17)18(20(21)22)14-16-10-5-3-6-11-16/h3-8,10-13,18-19H,2,9,14-15H2,1H3,(H,21,22)(H,23,24). The van der Waals surface area contributed by atoms with Crippen molar-refractivity contribution in [2.24, 2.45) is 5.92 Å². The molecule has 0 aromatic heterocycles. The SMILES string of the molecule is CCCC(C(Cc1ccccc1)C(=O)O)P(=O)(O)Cc1ccccc1. The summed E-state index contributed by atoms with van der Waals surface area (Å²) in [5.41, 5.74) is 0.879. The fraction of sp³-hybridized carbons (Fsp3) is 0.350. The monoisotopic (exact) mass is 360 g/mol. The second-order valence-electron chi connectivity index (χ2n) is 6.39. The van der Waals surface area contributed by atoms with Gasteiger partial charge in [0.15, 0.2) is 0 Å². The molecule has 4 nitrogen and oxygen atoms in total. The van der Waals surface area contributed by atoms with Crippen LogP contribution in [0.25, 0.3) is 0 Å². The minimum absolute atomic E-state index is 0.0110. The molecule has 134 valence electrons. The first-order valence-electron chi connectivity index (χ1n) is 8.56. The second-order valence-corrected chi connectivity index (χ2v) is 8.88. The predicted octanol–water partition coefficient (Wildman–Crippen LogP) is 4.57. The summed E-state index contributed by atoms with van der Waals surface area (Å²) in [7, 11) is -3.67. The lowest BCUT2D eigenvalue weighted by Gasteiger charge is -2.28. The third kappa shape index (κ3) is 5.55. The molecule has 3 atom stereocenters. The molecule has 2 aromatic carbocycles. The van der Waals surface area contributed by atoms with Crippen molar-refractivity contribution >= 4 is 13.3 Å². The molecule has 0 bridgehead atoms. The van der Waals surface area contributed by atoms with E-state index in [4.69, 9.17) is 0 Å². The van der Waals surface area contributed by atoms with Crippen molar-refractivity contribution in [3.8, 4) is 0 Å². The first-order valence-corrected chi connectivity index (χ1v) is 10.5. The molecular formula is C20H25O4P. The number of hydrogen-bond donors (Lipinski definition) is 2. The van der Waals surface area contributed by atoms with Crippen LogP contribution in [0.15, 0.2) is 60.7 Å². The van der Waals surface area contributed by atoms with Crippen molar-refractivity contribution in [2.75, 3.05) is 0 Å². The molecule has 0 aliphatic heterocycles. The lowest BCUT2D eigenvalue weighted by atomic mass is 9.94. The Morgan fingerprint density at radius 1 is 1.00 bits per heavy atom. The van der Waals surface area contributed by atoms with Crippen LogP contribution in [-0.4, -0.2) is 21.6 Å². The number of carboxylic acid groups (broad SMARTS) is 1. The average molecular weight is 360 g/mol. The van der Waals surface area contributed by atoms with Gasteiger partial charge in [-0.25, -0.2) is 0 Å². The molecule has 2 rings (SSSR count). The summed E-state index contributed by atoms with van der Waals surface area (Å²) in [4.78, 5) is 22.6. The molecule has 2 N–H and O–H groups in total. The van der Waals surface area contributed by atoms with Gasteiger partial charge in [-0.1, -0.05) is 74.0 Å². The summed E-state index contributed by atoms with van der Waals surface area (Å²) in [6.45, 7) is 1.91. The van der Waals surface area contributed by atoms with Crippen LogP contribution in [0.1, 0.15) is 30.9 Å². The summed E-state index contributed by atoms with van der Waals surface area (Å²) < 4.78 is 13.1. The van der Waals surface area contributed by atoms with Gasteiger partial charge < -0.3 is 10.00 Å². The molecule has 2 aromatic rings. The highest BCUT2D eigenvalue weighted by atomic mass is 31.2. The smallest absolute Gasteiger partial charge is 0.307 e. The fourth-order valence-corrected chi connectivity index (χ4v) is 5.62. The summed E-state index contributed by atoms with van der Waals surface area (Å²) in [6.07, 6.45) is 1.37. The van der Waals surface area contributed by atoms with Gasteiger partial charge in [0.25, 0.3) is 0 Å². The molecule has 0 fully saturated rings. The highest BCUT2D eigenvalue weighted by Gasteiger charge is 2.40. The molecule has 5 heteroatoms. The fourth-order valence-electron chi connectivity index (χ4n) is 3.20. The molecule has 0 aliphatic carbocycles. The number of rotatable bonds is 9. The van der Waals surface area contributed by atoms with E-state index in [1.807, 2.05) is 55.5 Å². The lowest BCUT2D eigenvalue weighted by Crippen LogP contribution is -2.31. The van der Waals surface area contributed by atoms with E-state index in [1.54, 1.807) is 12.1 Å². The third-order valence-electron chi connectivity index (χ3n) is 4.43. The zero-order valence-electron chi connectivity index (χ0n) is 14.4. The minimum Gasteiger partial charge on any atom is -0.481 e. The first kappa shape index (κ1) is 19.4. The summed E-state index contributed by atoms with van der Waals surface area (Å²) in [6, 6.07) is 18.4. The van der Waals surface area contributed by atoms with Gasteiger partial charge in [-0.3, -0.25) is 9.36 Å². The van der Waals surface area contributed by atoms with E-state index in [2.05, 4.69) is 0 Å². The second kappa shape index (κ2) is 8.98. The van der Waals surface area contributed by atoms with E-state index in [0.29, 0.717) is 12.8 Å². The van der Waals surface area contributed by atoms with Gasteiger partial charge in [-0.05, 0) is 24.0 Å². The van der Waals surface area contributed by atoms with Crippen molar-refractivity contribution in [3.05, 3.63) is 71.8 Å². The molecule has 0 saturated heterocycles. The van der Waals surface area contributed by atoms with Crippen LogP contribution in [0.4, 0.5) is 0 Å². The predicted molar refractivity (Wildman–Crippen MR) is 99.9 cm³/mol. The molecule has 3 unspecified atom stereocenters. The Bertz CT molecular complexity index is 715. The van der Waals surface area contributed by atoms with Gasteiger partial charge in [-0.15, -0.1) is 0 Å². The van der Waals surface area contributed by atoms with Crippen molar-refractivity contribution < 1.29 is 19.4 Å². The summed E-state index contributed by atoms with van der Waals surface area (Å²) >= 11 is 0. The topological polar surface area (TPSA) is 74.6 Å². The van der Waals surface area contributed by atoms with E-state index >= 15 is 0 Å². The number of carbonyl (C=O) groups is 1. The normalized spacial score (nSPS) is 15.9. The van der Waals surface area contributed by atoms with Gasteiger partial charge in [0.05, 0.1) is 5.92 Å². The average Bonchev–Trinajstić information content (AvgIpc) is 2.59. The van der Waals surface area contributed by atoms with Crippen LogP contribution < -0.4 is 0 Å². The molecule has 0 heterocycles. The third-order valence-corrected chi connectivity index (χ3v) is 6.91. The van der Waals surface area contributed by atoms with Crippen LogP contribution in [0.5, 0.6) is 0 Å². The van der Waals surface area contributed by atoms with Crippen molar-refractivity contribution in [2.45, 2.75) is 38.0 Å². The van der Waals surface area contributed by atoms with E-state index in [-0.39, 0.29) is 12.6 Å². The number of benzene rings is 2. The lowest BCUT2D eigenvalue weighted by molar-refractivity contribution is -0.141. The van der Waals surface area contributed by atoms with Crippen LogP contribution in [-0.2, 0) is 21.9 Å². The highest BCUT2D eigenvalue weighted by molar-refractivity contribution is 7.58. The van der Waals surface area contributed by atoms with Gasteiger partial charge >= 0.3 is 5.97 Å². The van der Waals surface area contributed by atoms with Gasteiger partial charge in [0.1, 0.15) is 0 Å². The molecule has 0 saturated carbocycles. The first-order chi connectivity index (χ1) is 11.9. The molecule has 25 heavy (non-hydrogen) atoms. The van der Waals surface area contributed by atoms with Crippen LogP contribution in [0.3, 0.4) is 0 Å². The van der Waals surface area contributed by atoms with Gasteiger partial charge in [0.2, 0.25) is 7.37 Å².